The van der Waals surface area contributed by atoms with E-state index in [1.807, 2.05) is 0 Å². The maximum atomic E-state index is 12.2. The monoisotopic (exact) mass is 341 g/mol. The topological polar surface area (TPSA) is 75.6 Å². The molecule has 0 aliphatic rings. The third kappa shape index (κ3) is 7.43. The Morgan fingerprint density at radius 2 is 1.74 bits per heavy atom. The number of ether oxygens (including phenoxy) is 1. The van der Waals surface area contributed by atoms with Crippen molar-refractivity contribution in [2.75, 3.05) is 0 Å². The molecule has 0 spiro atoms. The minimum Gasteiger partial charge on any atom is -0.480 e. The summed E-state index contributed by atoms with van der Waals surface area (Å²) in [5.41, 5.74) is 0.292. The highest BCUT2D eigenvalue weighted by Crippen LogP contribution is 2.22. The maximum Gasteiger partial charge on any atom is 0.391 e. The molecule has 0 aliphatic heterocycles. The lowest BCUT2D eigenvalue weighted by Crippen LogP contribution is -2.44. The number of carbonyl (C=O) groups is 2. The van der Waals surface area contributed by atoms with Crippen molar-refractivity contribution >= 4 is 11.9 Å². The molecule has 0 fully saturated rings. The highest BCUT2D eigenvalue weighted by atomic mass is 19.4. The number of alkyl halides is 5. The third-order valence-electron chi connectivity index (χ3n) is 2.58. The summed E-state index contributed by atoms with van der Waals surface area (Å²) < 4.78 is 64.6. The van der Waals surface area contributed by atoms with E-state index in [4.69, 9.17) is 5.11 Å². The molecule has 0 aromatic heterocycles. The second-order valence-corrected chi connectivity index (χ2v) is 4.48. The number of carboxylic acids is 1. The normalized spacial score (nSPS) is 12.8. The molecule has 1 aromatic rings. The molecule has 1 atom stereocenters. The Labute approximate surface area is 127 Å². The fourth-order valence-corrected chi connectivity index (χ4v) is 1.65. The molecule has 0 saturated heterocycles. The van der Waals surface area contributed by atoms with Crippen LogP contribution >= 0.6 is 0 Å². The molecule has 1 rings (SSSR count). The molecule has 0 heterocycles. The number of hydrogen-bond acceptors (Lipinski definition) is 3. The maximum absolute atomic E-state index is 12.2. The van der Waals surface area contributed by atoms with E-state index in [-0.39, 0.29) is 5.75 Å². The standard InChI is InChI=1S/C13H12F5NO4/c14-12(15)23-8-3-1-7(2-4-8)5-10(20)19-9(11(21)22)6-13(16,17)18/h1-4,9,12H,5-6H2,(H,19,20)(H,21,22). The fraction of sp³-hybridized carbons (Fsp3) is 0.385. The number of benzene rings is 1. The molecule has 0 saturated carbocycles. The number of carboxylic acid groups (broad SMARTS) is 1. The Kier molecular flexibility index (Phi) is 6.28. The number of amides is 1. The van der Waals surface area contributed by atoms with Crippen molar-refractivity contribution in [3.63, 3.8) is 0 Å². The molecule has 10 heteroatoms. The van der Waals surface area contributed by atoms with Crippen molar-refractivity contribution in [1.82, 2.24) is 5.32 Å². The van der Waals surface area contributed by atoms with Gasteiger partial charge in [0.05, 0.1) is 12.8 Å². The van der Waals surface area contributed by atoms with E-state index in [1.54, 1.807) is 5.32 Å². The van der Waals surface area contributed by atoms with Crippen LogP contribution < -0.4 is 10.1 Å². The molecule has 2 N–H and O–H groups in total. The van der Waals surface area contributed by atoms with Gasteiger partial charge in [-0.3, -0.25) is 4.79 Å². The molecule has 0 radical (unpaired) electrons. The largest absolute Gasteiger partial charge is 0.480 e. The lowest BCUT2D eigenvalue weighted by molar-refractivity contribution is -0.159. The van der Waals surface area contributed by atoms with Crippen LogP contribution in [0.3, 0.4) is 0 Å². The van der Waals surface area contributed by atoms with E-state index >= 15 is 0 Å². The van der Waals surface area contributed by atoms with E-state index in [1.165, 1.54) is 12.1 Å². The van der Waals surface area contributed by atoms with Gasteiger partial charge in [-0.05, 0) is 17.7 Å². The van der Waals surface area contributed by atoms with Crippen molar-refractivity contribution < 1.29 is 41.4 Å². The number of halogens is 5. The minimum absolute atomic E-state index is 0.148. The molecule has 128 valence electrons. The highest BCUT2D eigenvalue weighted by Gasteiger charge is 2.36. The Morgan fingerprint density at radius 3 is 2.17 bits per heavy atom. The lowest BCUT2D eigenvalue weighted by Gasteiger charge is -2.16. The molecule has 23 heavy (non-hydrogen) atoms. The first kappa shape index (κ1) is 18.7. The molecule has 0 bridgehead atoms. The van der Waals surface area contributed by atoms with E-state index in [2.05, 4.69) is 4.74 Å². The second-order valence-electron chi connectivity index (χ2n) is 4.48. The average molecular weight is 341 g/mol. The van der Waals surface area contributed by atoms with Gasteiger partial charge in [0.1, 0.15) is 11.8 Å². The van der Waals surface area contributed by atoms with Crippen molar-refractivity contribution in [3.8, 4) is 5.75 Å². The van der Waals surface area contributed by atoms with Crippen LogP contribution in [0, 0.1) is 0 Å². The van der Waals surface area contributed by atoms with Crippen LogP contribution in [0.4, 0.5) is 22.0 Å². The summed E-state index contributed by atoms with van der Waals surface area (Å²) in [6.45, 7) is -3.01. The molecular formula is C13H12F5NO4. The molecule has 0 aliphatic carbocycles. The van der Waals surface area contributed by atoms with E-state index in [9.17, 15) is 31.5 Å². The van der Waals surface area contributed by atoms with Gasteiger partial charge in [-0.25, -0.2) is 4.79 Å². The van der Waals surface area contributed by atoms with Gasteiger partial charge in [-0.1, -0.05) is 12.1 Å². The first-order valence-electron chi connectivity index (χ1n) is 6.19. The van der Waals surface area contributed by atoms with Crippen molar-refractivity contribution in [1.29, 1.82) is 0 Å². The van der Waals surface area contributed by atoms with Crippen LogP contribution in [0.15, 0.2) is 24.3 Å². The summed E-state index contributed by atoms with van der Waals surface area (Å²) in [5.74, 6) is -2.90. The summed E-state index contributed by atoms with van der Waals surface area (Å²) in [5, 5.41) is 10.4. The van der Waals surface area contributed by atoms with Gasteiger partial charge >= 0.3 is 18.8 Å². The zero-order valence-corrected chi connectivity index (χ0v) is 11.4. The van der Waals surface area contributed by atoms with E-state index in [0.29, 0.717) is 5.56 Å². The number of hydrogen-bond donors (Lipinski definition) is 2. The van der Waals surface area contributed by atoms with Crippen LogP contribution in [0.1, 0.15) is 12.0 Å². The molecule has 5 nitrogen and oxygen atoms in total. The Balaban J connectivity index is 2.62. The molecule has 1 unspecified atom stereocenters. The van der Waals surface area contributed by atoms with Gasteiger partial charge in [0.15, 0.2) is 0 Å². The SMILES string of the molecule is O=C(Cc1ccc(OC(F)F)cc1)NC(CC(F)(F)F)C(=O)O. The summed E-state index contributed by atoms with van der Waals surface area (Å²) in [7, 11) is 0. The predicted octanol–water partition coefficient (Wildman–Crippen LogP) is 2.35. The number of rotatable bonds is 7. The lowest BCUT2D eigenvalue weighted by atomic mass is 10.1. The summed E-state index contributed by atoms with van der Waals surface area (Å²) in [4.78, 5) is 22.3. The van der Waals surface area contributed by atoms with Crippen LogP contribution in [-0.4, -0.2) is 35.8 Å². The Morgan fingerprint density at radius 1 is 1.17 bits per heavy atom. The first-order valence-corrected chi connectivity index (χ1v) is 6.19. The van der Waals surface area contributed by atoms with Crippen LogP contribution in [0.2, 0.25) is 0 Å². The average Bonchev–Trinajstić information content (AvgIpc) is 2.38. The van der Waals surface area contributed by atoms with Gasteiger partial charge in [-0.2, -0.15) is 22.0 Å². The quantitative estimate of drug-likeness (QED) is 0.747. The second kappa shape index (κ2) is 7.75. The molecule has 1 amide bonds. The Hall–Kier alpha value is -2.39. The van der Waals surface area contributed by atoms with Gasteiger partial charge < -0.3 is 15.2 Å². The minimum atomic E-state index is -4.75. The predicted molar refractivity (Wildman–Crippen MR) is 67.0 cm³/mol. The van der Waals surface area contributed by atoms with Crippen molar-refractivity contribution in [2.24, 2.45) is 0 Å². The van der Waals surface area contributed by atoms with Crippen LogP contribution in [0.25, 0.3) is 0 Å². The number of carbonyl (C=O) groups excluding carboxylic acids is 1. The summed E-state index contributed by atoms with van der Waals surface area (Å²) in [6.07, 6.45) is -6.85. The first-order chi connectivity index (χ1) is 10.6. The smallest absolute Gasteiger partial charge is 0.391 e. The van der Waals surface area contributed by atoms with Crippen LogP contribution in [-0.2, 0) is 16.0 Å². The van der Waals surface area contributed by atoms with Crippen molar-refractivity contribution in [3.05, 3.63) is 29.8 Å². The Bertz CT molecular complexity index is 544. The van der Waals surface area contributed by atoms with Gasteiger partial charge in [0.25, 0.3) is 0 Å². The molecule has 1 aromatic carbocycles. The fourth-order valence-electron chi connectivity index (χ4n) is 1.65. The van der Waals surface area contributed by atoms with Gasteiger partial charge in [0, 0.05) is 0 Å². The van der Waals surface area contributed by atoms with E-state index in [0.717, 1.165) is 12.1 Å². The summed E-state index contributed by atoms with van der Waals surface area (Å²) in [6, 6.07) is 2.73. The zero-order chi connectivity index (χ0) is 17.6. The number of aliphatic carboxylic acids is 1. The zero-order valence-electron chi connectivity index (χ0n) is 11.4. The third-order valence-corrected chi connectivity index (χ3v) is 2.58. The van der Waals surface area contributed by atoms with Gasteiger partial charge in [0.2, 0.25) is 5.91 Å². The van der Waals surface area contributed by atoms with Gasteiger partial charge in [-0.15, -0.1) is 0 Å². The molecular weight excluding hydrogens is 329 g/mol. The van der Waals surface area contributed by atoms with Crippen LogP contribution in [0.5, 0.6) is 5.75 Å². The highest BCUT2D eigenvalue weighted by molar-refractivity contribution is 5.84. The van der Waals surface area contributed by atoms with Crippen molar-refractivity contribution in [2.45, 2.75) is 31.7 Å². The summed E-state index contributed by atoms with van der Waals surface area (Å²) >= 11 is 0. The van der Waals surface area contributed by atoms with E-state index < -0.39 is 43.5 Å². The number of nitrogens with one attached hydrogen (secondary N) is 1.